The Labute approximate surface area is 223 Å². The molecule has 0 radical (unpaired) electrons. The predicted octanol–water partition coefficient (Wildman–Crippen LogP) is 5.91. The highest BCUT2D eigenvalue weighted by molar-refractivity contribution is 5.69. The zero-order valence-electron chi connectivity index (χ0n) is 22.7. The van der Waals surface area contributed by atoms with Crippen LogP contribution in [0.4, 0.5) is 16.4 Å². The number of aromatic nitrogens is 4. The number of hydrogen-bond donors (Lipinski definition) is 1. The van der Waals surface area contributed by atoms with E-state index < -0.39 is 5.60 Å². The third-order valence-corrected chi connectivity index (χ3v) is 6.52. The van der Waals surface area contributed by atoms with Gasteiger partial charge in [-0.2, -0.15) is 0 Å². The monoisotopic (exact) mass is 510 g/mol. The molecule has 0 saturated heterocycles. The van der Waals surface area contributed by atoms with E-state index in [0.29, 0.717) is 31.9 Å². The first-order valence-corrected chi connectivity index (χ1v) is 12.9. The normalized spacial score (nSPS) is 13.2. The number of amides is 1. The number of benzene rings is 2. The predicted molar refractivity (Wildman–Crippen MR) is 148 cm³/mol. The van der Waals surface area contributed by atoms with E-state index in [4.69, 9.17) is 14.7 Å². The first kappa shape index (κ1) is 25.4. The zero-order valence-corrected chi connectivity index (χ0v) is 22.7. The van der Waals surface area contributed by atoms with Crippen molar-refractivity contribution < 1.29 is 9.53 Å². The number of anilines is 2. The highest BCUT2D eigenvalue weighted by Gasteiger charge is 2.29. The molecule has 8 heteroatoms. The van der Waals surface area contributed by atoms with Gasteiger partial charge in [0.25, 0.3) is 0 Å². The molecule has 8 nitrogen and oxygen atoms in total. The van der Waals surface area contributed by atoms with Crippen molar-refractivity contribution in [3.8, 4) is 5.69 Å². The summed E-state index contributed by atoms with van der Waals surface area (Å²) in [6.45, 7) is 10.7. The molecular weight excluding hydrogens is 476 g/mol. The molecule has 0 fully saturated rings. The molecule has 0 bridgehead atoms. The highest BCUT2D eigenvalue weighted by atomic mass is 16.6. The topological polar surface area (TPSA) is 85.2 Å². The molecule has 1 N–H and O–H groups in total. The van der Waals surface area contributed by atoms with E-state index in [0.717, 1.165) is 39.7 Å². The molecule has 2 aromatic carbocycles. The van der Waals surface area contributed by atoms with E-state index in [9.17, 15) is 4.79 Å². The SMILES string of the molecule is Cc1ccc(Cc2nc(Nc3ccc(-n4ccnc4C)cc3)nc3c2CN(C(=O)OC(C)(C)C)CC3)cc1. The second-order valence-electron chi connectivity index (χ2n) is 10.7. The van der Waals surface area contributed by atoms with Crippen molar-refractivity contribution in [1.82, 2.24) is 24.4 Å². The molecule has 4 aromatic rings. The van der Waals surface area contributed by atoms with Gasteiger partial charge in [0.2, 0.25) is 5.95 Å². The van der Waals surface area contributed by atoms with Crippen molar-refractivity contribution in [1.29, 1.82) is 0 Å². The molecule has 5 rings (SSSR count). The van der Waals surface area contributed by atoms with Gasteiger partial charge in [0.1, 0.15) is 11.4 Å². The minimum absolute atomic E-state index is 0.306. The van der Waals surface area contributed by atoms with Gasteiger partial charge in [0, 0.05) is 48.7 Å². The number of rotatable bonds is 5. The highest BCUT2D eigenvalue weighted by Crippen LogP contribution is 2.27. The van der Waals surface area contributed by atoms with Crippen LogP contribution in [0, 0.1) is 13.8 Å². The lowest BCUT2D eigenvalue weighted by atomic mass is 9.99. The number of nitrogens with one attached hydrogen (secondary N) is 1. The smallest absolute Gasteiger partial charge is 0.410 e. The van der Waals surface area contributed by atoms with Crippen molar-refractivity contribution in [2.45, 2.75) is 59.6 Å². The number of ether oxygens (including phenoxy) is 1. The summed E-state index contributed by atoms with van der Waals surface area (Å²) in [5.41, 5.74) is 6.66. The fraction of sp³-hybridized carbons (Fsp3) is 0.333. The lowest BCUT2D eigenvalue weighted by Gasteiger charge is -2.31. The summed E-state index contributed by atoms with van der Waals surface area (Å²) in [6, 6.07) is 16.6. The minimum atomic E-state index is -0.543. The van der Waals surface area contributed by atoms with Crippen molar-refractivity contribution in [2.24, 2.45) is 0 Å². The lowest BCUT2D eigenvalue weighted by molar-refractivity contribution is 0.0222. The number of nitrogens with zero attached hydrogens (tertiary/aromatic N) is 5. The molecule has 0 aliphatic carbocycles. The van der Waals surface area contributed by atoms with Crippen LogP contribution in [0.25, 0.3) is 5.69 Å². The molecule has 1 amide bonds. The quantitative estimate of drug-likeness (QED) is 0.359. The summed E-state index contributed by atoms with van der Waals surface area (Å²) in [4.78, 5) is 28.7. The fourth-order valence-corrected chi connectivity index (χ4v) is 4.55. The van der Waals surface area contributed by atoms with Gasteiger partial charge < -0.3 is 19.5 Å². The standard InChI is InChI=1S/C30H34N6O2/c1-20-6-8-22(9-7-20)18-27-25-19-35(29(37)38-30(3,4)5)16-14-26(25)33-28(34-27)32-23-10-12-24(13-11-23)36-17-15-31-21(36)2/h6-13,15,17H,14,16,18-19H2,1-5H3,(H,32,33,34). The van der Waals surface area contributed by atoms with Crippen LogP contribution in [0.5, 0.6) is 0 Å². The Morgan fingerprint density at radius 3 is 2.42 bits per heavy atom. The van der Waals surface area contributed by atoms with Gasteiger partial charge in [0.05, 0.1) is 17.9 Å². The van der Waals surface area contributed by atoms with Gasteiger partial charge in [-0.25, -0.2) is 19.7 Å². The van der Waals surface area contributed by atoms with E-state index in [1.54, 1.807) is 11.1 Å². The van der Waals surface area contributed by atoms with Crippen molar-refractivity contribution >= 4 is 17.7 Å². The van der Waals surface area contributed by atoms with Crippen molar-refractivity contribution in [3.05, 3.63) is 94.8 Å². The number of hydrogen-bond acceptors (Lipinski definition) is 6. The van der Waals surface area contributed by atoms with Crippen LogP contribution in [0.2, 0.25) is 0 Å². The lowest BCUT2D eigenvalue weighted by Crippen LogP contribution is -2.40. The summed E-state index contributed by atoms with van der Waals surface area (Å²) in [5, 5.41) is 3.39. The van der Waals surface area contributed by atoms with Crippen LogP contribution in [0.1, 0.15) is 54.7 Å². The molecule has 0 saturated carbocycles. The van der Waals surface area contributed by atoms with Gasteiger partial charge in [-0.3, -0.25) is 0 Å². The van der Waals surface area contributed by atoms with Gasteiger partial charge in [-0.05, 0) is 64.4 Å². The minimum Gasteiger partial charge on any atom is -0.444 e. The molecule has 0 unspecified atom stereocenters. The van der Waals surface area contributed by atoms with E-state index in [1.807, 2.05) is 62.7 Å². The average Bonchev–Trinajstić information content (AvgIpc) is 3.30. The Morgan fingerprint density at radius 2 is 1.76 bits per heavy atom. The Kier molecular flexibility index (Phi) is 6.89. The summed E-state index contributed by atoms with van der Waals surface area (Å²) >= 11 is 0. The second kappa shape index (κ2) is 10.3. The van der Waals surface area contributed by atoms with Crippen LogP contribution in [0.3, 0.4) is 0 Å². The number of fused-ring (bicyclic) bond motifs is 1. The zero-order chi connectivity index (χ0) is 26.9. The number of carbonyl (C=O) groups is 1. The first-order valence-electron chi connectivity index (χ1n) is 12.9. The van der Waals surface area contributed by atoms with Crippen LogP contribution in [0.15, 0.2) is 60.9 Å². The van der Waals surface area contributed by atoms with Crippen LogP contribution >= 0.6 is 0 Å². The van der Waals surface area contributed by atoms with E-state index >= 15 is 0 Å². The third kappa shape index (κ3) is 5.85. The Hall–Kier alpha value is -4.20. The molecule has 1 aliphatic heterocycles. The maximum atomic E-state index is 12.8. The second-order valence-corrected chi connectivity index (χ2v) is 10.7. The molecule has 38 heavy (non-hydrogen) atoms. The largest absolute Gasteiger partial charge is 0.444 e. The summed E-state index contributed by atoms with van der Waals surface area (Å²) < 4.78 is 7.68. The molecule has 1 aliphatic rings. The molecular formula is C30H34N6O2. The summed E-state index contributed by atoms with van der Waals surface area (Å²) in [5.74, 6) is 1.49. The Balaban J connectivity index is 1.43. The van der Waals surface area contributed by atoms with Crippen molar-refractivity contribution in [2.75, 3.05) is 11.9 Å². The average molecular weight is 511 g/mol. The molecule has 2 aromatic heterocycles. The molecule has 0 spiro atoms. The Morgan fingerprint density at radius 1 is 1.03 bits per heavy atom. The van der Waals surface area contributed by atoms with E-state index in [1.165, 1.54) is 5.56 Å². The van der Waals surface area contributed by atoms with Gasteiger partial charge >= 0.3 is 6.09 Å². The van der Waals surface area contributed by atoms with Gasteiger partial charge in [-0.15, -0.1) is 0 Å². The molecule has 3 heterocycles. The van der Waals surface area contributed by atoms with Crippen LogP contribution < -0.4 is 5.32 Å². The van der Waals surface area contributed by atoms with Crippen LogP contribution in [-0.4, -0.2) is 42.7 Å². The Bertz CT molecular complexity index is 1440. The summed E-state index contributed by atoms with van der Waals surface area (Å²) in [7, 11) is 0. The van der Waals surface area contributed by atoms with E-state index in [-0.39, 0.29) is 6.09 Å². The molecule has 196 valence electrons. The van der Waals surface area contributed by atoms with Crippen molar-refractivity contribution in [3.63, 3.8) is 0 Å². The number of imidazole rings is 1. The first-order chi connectivity index (χ1) is 18.1. The van der Waals surface area contributed by atoms with E-state index in [2.05, 4.69) is 41.5 Å². The maximum absolute atomic E-state index is 12.8. The maximum Gasteiger partial charge on any atom is 0.410 e. The van der Waals surface area contributed by atoms with Gasteiger partial charge in [-0.1, -0.05) is 29.8 Å². The fourth-order valence-electron chi connectivity index (χ4n) is 4.55. The van der Waals surface area contributed by atoms with Gasteiger partial charge in [0.15, 0.2) is 0 Å². The number of carbonyl (C=O) groups excluding carboxylic acids is 1. The number of aryl methyl sites for hydroxylation is 2. The molecule has 0 atom stereocenters. The van der Waals surface area contributed by atoms with Crippen LogP contribution in [-0.2, 0) is 24.1 Å². The summed E-state index contributed by atoms with van der Waals surface area (Å²) in [6.07, 6.45) is 4.73. The third-order valence-electron chi connectivity index (χ3n) is 6.52.